The van der Waals surface area contributed by atoms with Gasteiger partial charge in [0.1, 0.15) is 0 Å². The normalized spacial score (nSPS) is 12.6. The Morgan fingerprint density at radius 2 is 0.731 bits per heavy atom. The second kappa shape index (κ2) is 54.6. The Balaban J connectivity index is 4.38. The number of carbonyl (C=O) groups excluding carboxylic acids is 2. The van der Waals surface area contributed by atoms with E-state index in [0.717, 1.165) is 103 Å². The molecule has 0 aromatic heterocycles. The Labute approximate surface area is 412 Å². The maximum absolute atomic E-state index is 12.6. The molecule has 10 heteroatoms. The van der Waals surface area contributed by atoms with Crippen molar-refractivity contribution < 1.29 is 43.1 Å². The van der Waals surface area contributed by atoms with Crippen molar-refractivity contribution in [2.75, 3.05) is 65.9 Å². The lowest BCUT2D eigenvalue weighted by Gasteiger charge is -2.22. The molecule has 0 aliphatic carbocycles. The first-order valence-corrected chi connectivity index (χ1v) is 27.7. The SMILES string of the molecule is CCCC/C=C\COC(CCC(=O)OCCCCCCN(CCCO)CCCCCCOC(=O)CCC(OC/C=C\CCCCCC)OC/C=C\CCCCCC)OC/C=C\CCCCCC. The number of hydrogen-bond acceptors (Lipinski definition) is 10. The molecule has 10 nitrogen and oxygen atoms in total. The van der Waals surface area contributed by atoms with Gasteiger partial charge in [0.05, 0.1) is 52.5 Å². The number of nitrogens with zero attached hydrogens (tertiary/aromatic N) is 1. The molecule has 0 aromatic carbocycles. The summed E-state index contributed by atoms with van der Waals surface area (Å²) < 4.78 is 35.1. The number of ether oxygens (including phenoxy) is 6. The highest BCUT2D eigenvalue weighted by Gasteiger charge is 2.14. The molecule has 1 atom stereocenters. The minimum absolute atomic E-state index is 0.198. The van der Waals surface area contributed by atoms with Crippen LogP contribution in [0, 0.1) is 0 Å². The summed E-state index contributed by atoms with van der Waals surface area (Å²) in [6.45, 7) is 14.8. The van der Waals surface area contributed by atoms with Gasteiger partial charge in [0.25, 0.3) is 0 Å². The molecule has 0 bridgehead atoms. The summed E-state index contributed by atoms with van der Waals surface area (Å²) in [6, 6.07) is 0. The molecule has 0 fully saturated rings. The third-order valence-corrected chi connectivity index (χ3v) is 11.6. The summed E-state index contributed by atoms with van der Waals surface area (Å²) >= 11 is 0. The fourth-order valence-corrected chi connectivity index (χ4v) is 7.41. The molecule has 1 N–H and O–H groups in total. The van der Waals surface area contributed by atoms with Crippen LogP contribution in [-0.2, 0) is 38.0 Å². The van der Waals surface area contributed by atoms with E-state index >= 15 is 0 Å². The highest BCUT2D eigenvalue weighted by Crippen LogP contribution is 2.12. The Morgan fingerprint density at radius 1 is 0.403 bits per heavy atom. The predicted molar refractivity (Wildman–Crippen MR) is 279 cm³/mol. The fourth-order valence-electron chi connectivity index (χ4n) is 7.41. The van der Waals surface area contributed by atoms with Gasteiger partial charge in [0.2, 0.25) is 0 Å². The quantitative estimate of drug-likeness (QED) is 0.0274. The van der Waals surface area contributed by atoms with Gasteiger partial charge >= 0.3 is 11.9 Å². The minimum Gasteiger partial charge on any atom is -0.466 e. The van der Waals surface area contributed by atoms with E-state index in [4.69, 9.17) is 28.4 Å². The average Bonchev–Trinajstić information content (AvgIpc) is 3.33. The first kappa shape index (κ1) is 64.7. The van der Waals surface area contributed by atoms with E-state index in [1.807, 2.05) is 6.08 Å². The zero-order chi connectivity index (χ0) is 48.8. The molecular weight excluding hydrogens is 843 g/mol. The Kier molecular flexibility index (Phi) is 52.7. The number of rotatable bonds is 53. The van der Waals surface area contributed by atoms with Crippen LogP contribution in [0.15, 0.2) is 48.6 Å². The molecule has 0 aliphatic rings. The average molecular weight is 948 g/mol. The van der Waals surface area contributed by atoms with Crippen molar-refractivity contribution in [2.24, 2.45) is 0 Å². The molecule has 1 unspecified atom stereocenters. The van der Waals surface area contributed by atoms with Crippen LogP contribution >= 0.6 is 0 Å². The lowest BCUT2D eigenvalue weighted by Crippen LogP contribution is -2.28. The molecule has 0 heterocycles. The molecule has 0 rings (SSSR count). The lowest BCUT2D eigenvalue weighted by molar-refractivity contribution is -0.153. The van der Waals surface area contributed by atoms with Crippen molar-refractivity contribution in [1.29, 1.82) is 0 Å². The van der Waals surface area contributed by atoms with Gasteiger partial charge in [-0.15, -0.1) is 0 Å². The van der Waals surface area contributed by atoms with Crippen LogP contribution in [0.2, 0.25) is 0 Å². The maximum Gasteiger partial charge on any atom is 0.305 e. The molecule has 0 aromatic rings. The summed E-state index contributed by atoms with van der Waals surface area (Å²) in [6.07, 6.45) is 48.0. The van der Waals surface area contributed by atoms with Crippen molar-refractivity contribution in [3.8, 4) is 0 Å². The van der Waals surface area contributed by atoms with Gasteiger partial charge in [0.15, 0.2) is 12.6 Å². The van der Waals surface area contributed by atoms with E-state index in [0.29, 0.717) is 52.5 Å². The van der Waals surface area contributed by atoms with Crippen molar-refractivity contribution in [3.63, 3.8) is 0 Å². The van der Waals surface area contributed by atoms with Crippen LogP contribution in [0.5, 0.6) is 0 Å². The van der Waals surface area contributed by atoms with Crippen molar-refractivity contribution >= 4 is 11.9 Å². The summed E-state index contributed by atoms with van der Waals surface area (Å²) in [4.78, 5) is 27.6. The Hall–Kier alpha value is -2.34. The van der Waals surface area contributed by atoms with Gasteiger partial charge in [0, 0.05) is 26.0 Å². The van der Waals surface area contributed by atoms with Crippen molar-refractivity contribution in [3.05, 3.63) is 48.6 Å². The largest absolute Gasteiger partial charge is 0.466 e. The van der Waals surface area contributed by atoms with E-state index in [1.165, 1.54) is 89.9 Å². The van der Waals surface area contributed by atoms with Crippen LogP contribution in [-0.4, -0.2) is 100 Å². The molecule has 392 valence electrons. The van der Waals surface area contributed by atoms with Gasteiger partial charge in [-0.1, -0.05) is 173 Å². The number of carbonyl (C=O) groups is 2. The van der Waals surface area contributed by atoms with Gasteiger partial charge in [-0.25, -0.2) is 0 Å². The predicted octanol–water partition coefficient (Wildman–Crippen LogP) is 14.5. The molecular formula is C57H105NO9. The number of esters is 2. The van der Waals surface area contributed by atoms with Gasteiger partial charge in [-0.05, 0) is 90.1 Å². The van der Waals surface area contributed by atoms with Crippen LogP contribution in [0.25, 0.3) is 0 Å². The first-order valence-electron chi connectivity index (χ1n) is 27.7. The molecule has 0 spiro atoms. The van der Waals surface area contributed by atoms with Crippen LogP contribution in [0.4, 0.5) is 0 Å². The monoisotopic (exact) mass is 948 g/mol. The molecule has 0 saturated heterocycles. The number of aliphatic hydroxyl groups is 1. The summed E-state index contributed by atoms with van der Waals surface area (Å²) in [5, 5.41) is 9.47. The van der Waals surface area contributed by atoms with E-state index in [9.17, 15) is 14.7 Å². The summed E-state index contributed by atoms with van der Waals surface area (Å²) in [5.74, 6) is -0.398. The molecule has 0 amide bonds. The van der Waals surface area contributed by atoms with Crippen LogP contribution in [0.1, 0.15) is 227 Å². The number of unbranched alkanes of at least 4 members (excludes halogenated alkanes) is 20. The highest BCUT2D eigenvalue weighted by atomic mass is 16.7. The second-order valence-electron chi connectivity index (χ2n) is 18.0. The van der Waals surface area contributed by atoms with E-state index in [1.54, 1.807) is 0 Å². The zero-order valence-electron chi connectivity index (χ0n) is 43.9. The fraction of sp³-hybridized carbons (Fsp3) is 0.825. The second-order valence-corrected chi connectivity index (χ2v) is 18.0. The van der Waals surface area contributed by atoms with Gasteiger partial charge < -0.3 is 38.4 Å². The van der Waals surface area contributed by atoms with E-state index in [-0.39, 0.29) is 31.4 Å². The van der Waals surface area contributed by atoms with Crippen LogP contribution in [0.3, 0.4) is 0 Å². The van der Waals surface area contributed by atoms with Crippen molar-refractivity contribution in [2.45, 2.75) is 239 Å². The third kappa shape index (κ3) is 49.9. The van der Waals surface area contributed by atoms with Gasteiger partial charge in [-0.3, -0.25) is 9.59 Å². The molecule has 67 heavy (non-hydrogen) atoms. The number of hydrogen-bond donors (Lipinski definition) is 1. The standard InChI is InChI=1S/C57H105NO9/c1-5-9-13-17-20-26-36-51-65-56(64-50-35-25-16-12-8-4)42-40-54(60)62-48-33-29-23-31-44-58(46-39-47-59)45-32-24-30-34-49-63-55(61)41-43-57(66-52-37-27-21-18-14-10-6-2)67-53-38-28-22-19-15-11-7-3/h25-28,35-38,56-57,59H,5-24,29-34,39-53H2,1-4H3/b35-25-,36-26-,37-27-,38-28-. The molecule has 0 saturated carbocycles. The Bertz CT molecular complexity index is 1130. The van der Waals surface area contributed by atoms with E-state index in [2.05, 4.69) is 75.1 Å². The summed E-state index contributed by atoms with van der Waals surface area (Å²) in [5.41, 5.74) is 0. The topological polar surface area (TPSA) is 113 Å². The number of aliphatic hydroxyl groups excluding tert-OH is 1. The highest BCUT2D eigenvalue weighted by molar-refractivity contribution is 5.69. The zero-order valence-corrected chi connectivity index (χ0v) is 43.9. The van der Waals surface area contributed by atoms with Crippen LogP contribution < -0.4 is 0 Å². The first-order chi connectivity index (χ1) is 33.0. The third-order valence-electron chi connectivity index (χ3n) is 11.6. The molecule has 0 radical (unpaired) electrons. The smallest absolute Gasteiger partial charge is 0.305 e. The minimum atomic E-state index is -0.438. The molecule has 0 aliphatic heterocycles. The van der Waals surface area contributed by atoms with Crippen molar-refractivity contribution in [1.82, 2.24) is 4.90 Å². The lowest BCUT2D eigenvalue weighted by atomic mass is 10.1. The summed E-state index contributed by atoms with van der Waals surface area (Å²) in [7, 11) is 0. The number of allylic oxidation sites excluding steroid dienone is 4. The van der Waals surface area contributed by atoms with Gasteiger partial charge in [-0.2, -0.15) is 0 Å². The van der Waals surface area contributed by atoms with E-state index < -0.39 is 12.6 Å². The Morgan fingerprint density at radius 3 is 1.09 bits per heavy atom. The maximum atomic E-state index is 12.6.